The number of hydrogen-bond acceptors (Lipinski definition) is 5. The average molecular weight is 483 g/mol. The molecule has 0 spiro atoms. The molecule has 5 rings (SSSR count). The molecule has 0 radical (unpaired) electrons. The number of fused-ring (bicyclic) bond motifs is 1. The van der Waals surface area contributed by atoms with Crippen LogP contribution in [0.1, 0.15) is 29.9 Å². The van der Waals surface area contributed by atoms with E-state index in [9.17, 15) is 13.5 Å². The van der Waals surface area contributed by atoms with E-state index in [1.54, 1.807) is 16.4 Å². The summed E-state index contributed by atoms with van der Waals surface area (Å²) in [7, 11) is -3.49. The first kappa shape index (κ1) is 22.7. The van der Waals surface area contributed by atoms with Gasteiger partial charge in [0.05, 0.1) is 6.61 Å². The third kappa shape index (κ3) is 4.29. The minimum Gasteiger partial charge on any atom is -0.395 e. The molecule has 1 N–H and O–H groups in total. The minimum absolute atomic E-state index is 0.0317. The Kier molecular flexibility index (Phi) is 6.42. The highest BCUT2D eigenvalue weighted by Crippen LogP contribution is 2.43. The van der Waals surface area contributed by atoms with E-state index in [1.807, 2.05) is 5.38 Å². The first-order valence-corrected chi connectivity index (χ1v) is 13.9. The van der Waals surface area contributed by atoms with E-state index in [2.05, 4.69) is 60.4 Å². The number of aryl methyl sites for hydroxylation is 1. The lowest BCUT2D eigenvalue weighted by Gasteiger charge is -2.57. The van der Waals surface area contributed by atoms with Crippen molar-refractivity contribution >= 4 is 21.4 Å². The van der Waals surface area contributed by atoms with Crippen LogP contribution in [0.15, 0.2) is 70.3 Å². The lowest BCUT2D eigenvalue weighted by atomic mass is 9.74. The summed E-state index contributed by atoms with van der Waals surface area (Å²) < 4.78 is 28.6. The minimum atomic E-state index is -3.49. The summed E-state index contributed by atoms with van der Waals surface area (Å²) in [5.74, 6) is 0.112. The van der Waals surface area contributed by atoms with Crippen LogP contribution in [0.4, 0.5) is 0 Å². The van der Waals surface area contributed by atoms with Crippen LogP contribution in [0.25, 0.3) is 11.1 Å². The zero-order valence-electron chi connectivity index (χ0n) is 18.8. The molecule has 3 aromatic rings. The molecule has 0 aliphatic carbocycles. The van der Waals surface area contributed by atoms with Crippen molar-refractivity contribution in [2.45, 2.75) is 42.0 Å². The Balaban J connectivity index is 1.42. The highest BCUT2D eigenvalue weighted by molar-refractivity contribution is 7.91. The van der Waals surface area contributed by atoms with E-state index >= 15 is 0 Å². The van der Waals surface area contributed by atoms with Gasteiger partial charge in [0.15, 0.2) is 0 Å². The zero-order valence-corrected chi connectivity index (χ0v) is 20.4. The van der Waals surface area contributed by atoms with Gasteiger partial charge in [-0.1, -0.05) is 60.2 Å². The van der Waals surface area contributed by atoms with Gasteiger partial charge in [0.25, 0.3) is 10.0 Å². The lowest BCUT2D eigenvalue weighted by molar-refractivity contribution is -0.0553. The standard InChI is InChI=1S/C26H30N2O3S2/c1-19-6-4-7-22(16-19)20-9-11-21(12-10-20)26-23-17-27(33(30,31)25-8-5-15-32-25)13-2-3-14-28(23)24(26)18-29/h4-12,15-16,23-24,26,29H,2-3,13-14,17-18H2,1H3/t23-,24+,26-/m1/s1. The number of rotatable bonds is 5. The van der Waals surface area contributed by atoms with Gasteiger partial charge in [-0.05, 0) is 54.4 Å². The molecule has 33 heavy (non-hydrogen) atoms. The van der Waals surface area contributed by atoms with Gasteiger partial charge in [0, 0.05) is 31.1 Å². The second kappa shape index (κ2) is 9.31. The van der Waals surface area contributed by atoms with Crippen molar-refractivity contribution in [3.8, 4) is 11.1 Å². The molecule has 2 aliphatic rings. The summed E-state index contributed by atoms with van der Waals surface area (Å²) in [6, 6.07) is 20.6. The molecule has 3 heterocycles. The van der Waals surface area contributed by atoms with Crippen LogP contribution >= 0.6 is 11.3 Å². The van der Waals surface area contributed by atoms with Crippen LogP contribution in [0, 0.1) is 6.92 Å². The molecule has 0 unspecified atom stereocenters. The largest absolute Gasteiger partial charge is 0.395 e. The van der Waals surface area contributed by atoms with Crippen LogP contribution in [-0.4, -0.2) is 61.1 Å². The first-order valence-electron chi connectivity index (χ1n) is 11.6. The Hall–Kier alpha value is -2.03. The van der Waals surface area contributed by atoms with Crippen molar-refractivity contribution in [3.05, 3.63) is 77.2 Å². The smallest absolute Gasteiger partial charge is 0.252 e. The van der Waals surface area contributed by atoms with Gasteiger partial charge in [-0.2, -0.15) is 4.31 Å². The lowest BCUT2D eigenvalue weighted by Crippen LogP contribution is -2.67. The number of thiophene rings is 1. The normalized spacial score (nSPS) is 24.5. The molecule has 174 valence electrons. The SMILES string of the molecule is Cc1cccc(-c2ccc([C@@H]3[C@H]4CN(S(=O)(=O)c5cccs5)CCCCN4[C@H]3CO)cc2)c1. The summed E-state index contributed by atoms with van der Waals surface area (Å²) in [5.41, 5.74) is 4.75. The number of aliphatic hydroxyl groups is 1. The fraction of sp³-hybridized carbons (Fsp3) is 0.385. The van der Waals surface area contributed by atoms with Crippen molar-refractivity contribution in [1.29, 1.82) is 0 Å². The summed E-state index contributed by atoms with van der Waals surface area (Å²) in [4.78, 5) is 2.31. The van der Waals surface area contributed by atoms with Crippen LogP contribution < -0.4 is 0 Å². The van der Waals surface area contributed by atoms with Crippen molar-refractivity contribution < 1.29 is 13.5 Å². The van der Waals surface area contributed by atoms with Gasteiger partial charge in [-0.15, -0.1) is 11.3 Å². The van der Waals surface area contributed by atoms with E-state index in [0.29, 0.717) is 17.3 Å². The van der Waals surface area contributed by atoms with Gasteiger partial charge in [0.1, 0.15) is 4.21 Å². The molecular weight excluding hydrogens is 452 g/mol. The highest BCUT2D eigenvalue weighted by Gasteiger charge is 2.50. The van der Waals surface area contributed by atoms with Gasteiger partial charge in [-0.3, -0.25) is 4.90 Å². The third-order valence-corrected chi connectivity index (χ3v) is 10.3. The van der Waals surface area contributed by atoms with Gasteiger partial charge in [-0.25, -0.2) is 8.42 Å². The van der Waals surface area contributed by atoms with E-state index in [0.717, 1.165) is 19.4 Å². The van der Waals surface area contributed by atoms with Crippen LogP contribution in [-0.2, 0) is 10.0 Å². The summed E-state index contributed by atoms with van der Waals surface area (Å²) in [5, 5.41) is 12.0. The highest BCUT2D eigenvalue weighted by atomic mass is 32.2. The zero-order chi connectivity index (χ0) is 23.0. The van der Waals surface area contributed by atoms with Crippen molar-refractivity contribution in [2.24, 2.45) is 0 Å². The Labute approximate surface area is 200 Å². The fourth-order valence-corrected chi connectivity index (χ4v) is 8.03. The molecular formula is C26H30N2O3S2. The fourth-order valence-electron chi connectivity index (χ4n) is 5.39. The monoisotopic (exact) mass is 482 g/mol. The Morgan fingerprint density at radius 3 is 2.48 bits per heavy atom. The van der Waals surface area contributed by atoms with E-state index in [4.69, 9.17) is 0 Å². The van der Waals surface area contributed by atoms with E-state index in [-0.39, 0.29) is 24.6 Å². The quantitative estimate of drug-likeness (QED) is 0.588. The molecule has 0 bridgehead atoms. The Morgan fingerprint density at radius 1 is 1.00 bits per heavy atom. The van der Waals surface area contributed by atoms with E-state index in [1.165, 1.54) is 33.6 Å². The van der Waals surface area contributed by atoms with Crippen LogP contribution in [0.2, 0.25) is 0 Å². The number of hydrogen-bond donors (Lipinski definition) is 1. The maximum Gasteiger partial charge on any atom is 0.252 e. The predicted molar refractivity (Wildman–Crippen MR) is 133 cm³/mol. The summed E-state index contributed by atoms with van der Waals surface area (Å²) in [6.07, 6.45) is 1.77. The third-order valence-electron chi connectivity index (χ3n) is 7.07. The summed E-state index contributed by atoms with van der Waals surface area (Å²) >= 11 is 1.28. The predicted octanol–water partition coefficient (Wildman–Crippen LogP) is 4.34. The van der Waals surface area contributed by atoms with Crippen molar-refractivity contribution in [2.75, 3.05) is 26.2 Å². The summed E-state index contributed by atoms with van der Waals surface area (Å²) in [6.45, 7) is 4.09. The first-order chi connectivity index (χ1) is 16.0. The molecule has 2 aromatic carbocycles. The second-order valence-corrected chi connectivity index (χ2v) is 12.2. The molecule has 3 atom stereocenters. The average Bonchev–Trinajstić information content (AvgIpc) is 3.34. The number of benzene rings is 2. The molecule has 7 heteroatoms. The van der Waals surface area contributed by atoms with Gasteiger partial charge < -0.3 is 5.11 Å². The maximum atomic E-state index is 13.3. The van der Waals surface area contributed by atoms with Crippen LogP contribution in [0.3, 0.4) is 0 Å². The maximum absolute atomic E-state index is 13.3. The molecule has 5 nitrogen and oxygen atoms in total. The molecule has 2 fully saturated rings. The topological polar surface area (TPSA) is 60.9 Å². The Bertz CT molecular complexity index is 1190. The van der Waals surface area contributed by atoms with Crippen molar-refractivity contribution in [1.82, 2.24) is 9.21 Å². The number of nitrogens with zero attached hydrogens (tertiary/aromatic N) is 2. The van der Waals surface area contributed by atoms with Gasteiger partial charge in [0.2, 0.25) is 0 Å². The second-order valence-electron chi connectivity index (χ2n) is 9.07. The molecule has 0 saturated carbocycles. The van der Waals surface area contributed by atoms with E-state index < -0.39 is 10.0 Å². The molecule has 2 saturated heterocycles. The van der Waals surface area contributed by atoms with Crippen LogP contribution in [0.5, 0.6) is 0 Å². The van der Waals surface area contributed by atoms with Crippen molar-refractivity contribution in [3.63, 3.8) is 0 Å². The number of sulfonamides is 1. The molecule has 1 aromatic heterocycles. The Morgan fingerprint density at radius 2 is 1.79 bits per heavy atom. The molecule has 0 amide bonds. The number of aliphatic hydroxyl groups excluding tert-OH is 1. The molecule has 2 aliphatic heterocycles. The van der Waals surface area contributed by atoms with Gasteiger partial charge >= 0.3 is 0 Å².